The smallest absolute Gasteiger partial charge is 0.223 e. The molecule has 0 heterocycles. The minimum Gasteiger partial charge on any atom is -0.349 e. The zero-order chi connectivity index (χ0) is 9.56. The maximum absolute atomic E-state index is 11.2. The van der Waals surface area contributed by atoms with E-state index in [0.717, 1.165) is 13.0 Å². The van der Waals surface area contributed by atoms with Crippen LogP contribution >= 0.6 is 0 Å². The minimum atomic E-state index is 0.186. The van der Waals surface area contributed by atoms with Gasteiger partial charge in [-0.15, -0.1) is 0 Å². The van der Waals surface area contributed by atoms with Crippen molar-refractivity contribution in [1.29, 1.82) is 0 Å². The van der Waals surface area contributed by atoms with Gasteiger partial charge in [0.1, 0.15) is 0 Å². The SMILES string of the molecule is CCCN[C@H](C)CC(=O)N(C)C. The third kappa shape index (κ3) is 5.13. The molecule has 0 radical (unpaired) electrons. The first-order valence-electron chi connectivity index (χ1n) is 4.51. The van der Waals surface area contributed by atoms with Crippen LogP contribution in [0.1, 0.15) is 26.7 Å². The molecule has 1 atom stereocenters. The van der Waals surface area contributed by atoms with Gasteiger partial charge in [0.25, 0.3) is 0 Å². The summed E-state index contributed by atoms with van der Waals surface area (Å²) in [5, 5.41) is 3.27. The second-order valence-corrected chi connectivity index (χ2v) is 3.35. The lowest BCUT2D eigenvalue weighted by atomic mass is 10.2. The van der Waals surface area contributed by atoms with Crippen molar-refractivity contribution >= 4 is 5.91 Å². The number of nitrogens with one attached hydrogen (secondary N) is 1. The van der Waals surface area contributed by atoms with Gasteiger partial charge in [-0.05, 0) is 19.9 Å². The molecule has 0 saturated carbocycles. The van der Waals surface area contributed by atoms with Crippen molar-refractivity contribution in [1.82, 2.24) is 10.2 Å². The first-order chi connectivity index (χ1) is 5.57. The van der Waals surface area contributed by atoms with Crippen LogP contribution in [0.15, 0.2) is 0 Å². The molecule has 12 heavy (non-hydrogen) atoms. The molecule has 0 bridgehead atoms. The number of nitrogens with zero attached hydrogens (tertiary/aromatic N) is 1. The van der Waals surface area contributed by atoms with E-state index >= 15 is 0 Å². The van der Waals surface area contributed by atoms with Crippen LogP contribution < -0.4 is 5.32 Å². The molecule has 0 unspecified atom stereocenters. The van der Waals surface area contributed by atoms with Gasteiger partial charge in [-0.25, -0.2) is 0 Å². The van der Waals surface area contributed by atoms with Gasteiger partial charge in [-0.1, -0.05) is 6.92 Å². The van der Waals surface area contributed by atoms with Crippen LogP contribution in [0.3, 0.4) is 0 Å². The zero-order valence-electron chi connectivity index (χ0n) is 8.55. The lowest BCUT2D eigenvalue weighted by Gasteiger charge is -2.15. The largest absolute Gasteiger partial charge is 0.349 e. The summed E-state index contributed by atoms with van der Waals surface area (Å²) in [6, 6.07) is 0.292. The molecular formula is C9H20N2O. The van der Waals surface area contributed by atoms with E-state index in [1.54, 1.807) is 19.0 Å². The Morgan fingerprint density at radius 2 is 2.08 bits per heavy atom. The van der Waals surface area contributed by atoms with Crippen LogP contribution in [0.5, 0.6) is 0 Å². The van der Waals surface area contributed by atoms with Gasteiger partial charge in [0, 0.05) is 26.6 Å². The molecule has 1 amide bonds. The average Bonchev–Trinajstić information content (AvgIpc) is 2.00. The second kappa shape index (κ2) is 6.00. The van der Waals surface area contributed by atoms with Gasteiger partial charge in [-0.3, -0.25) is 4.79 Å². The molecule has 3 nitrogen and oxygen atoms in total. The topological polar surface area (TPSA) is 32.3 Å². The fourth-order valence-corrected chi connectivity index (χ4v) is 0.907. The quantitative estimate of drug-likeness (QED) is 0.667. The van der Waals surface area contributed by atoms with Crippen molar-refractivity contribution in [2.24, 2.45) is 0 Å². The maximum atomic E-state index is 11.2. The van der Waals surface area contributed by atoms with E-state index in [0.29, 0.717) is 12.5 Å². The zero-order valence-corrected chi connectivity index (χ0v) is 8.55. The molecule has 0 saturated heterocycles. The summed E-state index contributed by atoms with van der Waals surface area (Å²) in [5.74, 6) is 0.186. The van der Waals surface area contributed by atoms with Gasteiger partial charge in [0.2, 0.25) is 5.91 Å². The van der Waals surface area contributed by atoms with Gasteiger partial charge >= 0.3 is 0 Å². The molecule has 0 aliphatic carbocycles. The summed E-state index contributed by atoms with van der Waals surface area (Å²) >= 11 is 0. The van der Waals surface area contributed by atoms with E-state index < -0.39 is 0 Å². The van der Waals surface area contributed by atoms with E-state index in [1.165, 1.54) is 0 Å². The average molecular weight is 172 g/mol. The summed E-state index contributed by atoms with van der Waals surface area (Å²) < 4.78 is 0. The Kier molecular flexibility index (Phi) is 5.72. The van der Waals surface area contributed by atoms with Crippen LogP contribution in [0.4, 0.5) is 0 Å². The van der Waals surface area contributed by atoms with E-state index in [-0.39, 0.29) is 5.91 Å². The number of amides is 1. The van der Waals surface area contributed by atoms with Gasteiger partial charge in [0.05, 0.1) is 0 Å². The van der Waals surface area contributed by atoms with Crippen molar-refractivity contribution in [2.45, 2.75) is 32.7 Å². The standard InChI is InChI=1S/C9H20N2O/c1-5-6-10-8(2)7-9(12)11(3)4/h8,10H,5-7H2,1-4H3/t8-/m1/s1. The molecule has 0 aromatic carbocycles. The lowest BCUT2D eigenvalue weighted by Crippen LogP contribution is -2.33. The normalized spacial score (nSPS) is 12.7. The molecule has 1 N–H and O–H groups in total. The third-order valence-corrected chi connectivity index (χ3v) is 1.72. The fraction of sp³-hybridized carbons (Fsp3) is 0.889. The van der Waals surface area contributed by atoms with E-state index in [1.807, 2.05) is 6.92 Å². The van der Waals surface area contributed by atoms with Crippen molar-refractivity contribution in [3.05, 3.63) is 0 Å². The Hall–Kier alpha value is -0.570. The van der Waals surface area contributed by atoms with Crippen LogP contribution in [0.25, 0.3) is 0 Å². The molecular weight excluding hydrogens is 152 g/mol. The molecule has 0 aliphatic rings. The predicted molar refractivity (Wildman–Crippen MR) is 51.1 cm³/mol. The molecule has 0 aromatic heterocycles. The molecule has 0 spiro atoms. The van der Waals surface area contributed by atoms with Crippen molar-refractivity contribution in [3.8, 4) is 0 Å². The van der Waals surface area contributed by atoms with Crippen LogP contribution in [-0.4, -0.2) is 37.5 Å². The Balaban J connectivity index is 3.54. The Morgan fingerprint density at radius 1 is 1.50 bits per heavy atom. The summed E-state index contributed by atoms with van der Waals surface area (Å²) in [5.41, 5.74) is 0. The Bertz CT molecular complexity index is 134. The number of rotatable bonds is 5. The predicted octanol–water partition coefficient (Wildman–Crippen LogP) is 0.853. The summed E-state index contributed by atoms with van der Waals surface area (Å²) in [6.45, 7) is 5.15. The molecule has 0 rings (SSSR count). The molecule has 0 fully saturated rings. The number of hydrogen-bond acceptors (Lipinski definition) is 2. The highest BCUT2D eigenvalue weighted by molar-refractivity contribution is 5.76. The first-order valence-corrected chi connectivity index (χ1v) is 4.51. The molecule has 0 aliphatic heterocycles. The summed E-state index contributed by atoms with van der Waals surface area (Å²) in [4.78, 5) is 12.8. The molecule has 72 valence electrons. The van der Waals surface area contributed by atoms with Gasteiger partial charge in [-0.2, -0.15) is 0 Å². The van der Waals surface area contributed by atoms with E-state index in [4.69, 9.17) is 0 Å². The molecule has 3 heteroatoms. The highest BCUT2D eigenvalue weighted by Gasteiger charge is 2.08. The number of carbonyl (C=O) groups is 1. The van der Waals surface area contributed by atoms with Crippen molar-refractivity contribution < 1.29 is 4.79 Å². The van der Waals surface area contributed by atoms with Gasteiger partial charge in [0.15, 0.2) is 0 Å². The van der Waals surface area contributed by atoms with Crippen LogP contribution in [-0.2, 0) is 4.79 Å². The fourth-order valence-electron chi connectivity index (χ4n) is 0.907. The monoisotopic (exact) mass is 172 g/mol. The summed E-state index contributed by atoms with van der Waals surface area (Å²) in [6.07, 6.45) is 1.70. The van der Waals surface area contributed by atoms with Gasteiger partial charge < -0.3 is 10.2 Å². The Morgan fingerprint density at radius 3 is 2.50 bits per heavy atom. The maximum Gasteiger partial charge on any atom is 0.223 e. The van der Waals surface area contributed by atoms with Crippen LogP contribution in [0, 0.1) is 0 Å². The highest BCUT2D eigenvalue weighted by atomic mass is 16.2. The second-order valence-electron chi connectivity index (χ2n) is 3.35. The number of carbonyl (C=O) groups excluding carboxylic acids is 1. The first kappa shape index (κ1) is 11.4. The van der Waals surface area contributed by atoms with Crippen LogP contribution in [0.2, 0.25) is 0 Å². The molecule has 0 aromatic rings. The van der Waals surface area contributed by atoms with Crippen molar-refractivity contribution in [3.63, 3.8) is 0 Å². The Labute approximate surface area is 75.1 Å². The summed E-state index contributed by atoms with van der Waals surface area (Å²) in [7, 11) is 3.57. The highest BCUT2D eigenvalue weighted by Crippen LogP contribution is 1.94. The minimum absolute atomic E-state index is 0.186. The van der Waals surface area contributed by atoms with E-state index in [2.05, 4.69) is 12.2 Å². The van der Waals surface area contributed by atoms with E-state index in [9.17, 15) is 4.79 Å². The number of hydrogen-bond donors (Lipinski definition) is 1. The third-order valence-electron chi connectivity index (χ3n) is 1.72. The lowest BCUT2D eigenvalue weighted by molar-refractivity contribution is -0.129. The van der Waals surface area contributed by atoms with Crippen molar-refractivity contribution in [2.75, 3.05) is 20.6 Å².